The number of halogens is 3. The molecule has 0 bridgehead atoms. The van der Waals surface area contributed by atoms with Gasteiger partial charge in [0.2, 0.25) is 0 Å². The van der Waals surface area contributed by atoms with Gasteiger partial charge in [-0.3, -0.25) is 4.21 Å². The first-order valence-electron chi connectivity index (χ1n) is 4.33. The molecule has 0 spiro atoms. The van der Waals surface area contributed by atoms with E-state index in [0.29, 0.717) is 6.07 Å². The van der Waals surface area contributed by atoms with Gasteiger partial charge in [0.1, 0.15) is 0 Å². The first-order chi connectivity index (χ1) is 7.71. The van der Waals surface area contributed by atoms with Gasteiger partial charge in [-0.15, -0.1) is 0 Å². The summed E-state index contributed by atoms with van der Waals surface area (Å²) in [5.41, 5.74) is 3.67. The molecule has 1 atom stereocenters. The van der Waals surface area contributed by atoms with Crippen LogP contribution in [0.15, 0.2) is 23.1 Å². The summed E-state index contributed by atoms with van der Waals surface area (Å²) in [6, 6.07) is 1.52. The van der Waals surface area contributed by atoms with Crippen molar-refractivity contribution in [2.24, 2.45) is 5.73 Å². The Bertz CT molecular complexity index is 474. The fourth-order valence-corrected chi connectivity index (χ4v) is 1.87. The average Bonchev–Trinajstić information content (AvgIpc) is 2.14. The minimum atomic E-state index is -4.54. The molecule has 1 rings (SSSR count). The number of rotatable bonds is 2. The first kappa shape index (κ1) is 13.5. The molecule has 17 heavy (non-hydrogen) atoms. The zero-order valence-corrected chi connectivity index (χ0v) is 9.48. The Kier molecular flexibility index (Phi) is 3.76. The van der Waals surface area contributed by atoms with E-state index in [1.54, 1.807) is 0 Å². The Morgan fingerprint density at radius 2 is 2.00 bits per heavy atom. The minimum Gasteiger partial charge on any atom is -0.351 e. The summed E-state index contributed by atoms with van der Waals surface area (Å²) in [5, 5.41) is 2.01. The lowest BCUT2D eigenvalue weighted by Crippen LogP contribution is -2.21. The molecule has 0 radical (unpaired) electrons. The van der Waals surface area contributed by atoms with Gasteiger partial charge in [-0.25, -0.2) is 4.79 Å². The number of benzene rings is 1. The van der Waals surface area contributed by atoms with Crippen molar-refractivity contribution < 1.29 is 22.2 Å². The Balaban J connectivity index is 3.29. The lowest BCUT2D eigenvalue weighted by molar-refractivity contribution is -0.137. The van der Waals surface area contributed by atoms with Crippen LogP contribution in [0.4, 0.5) is 23.7 Å². The molecule has 0 heterocycles. The van der Waals surface area contributed by atoms with E-state index in [0.717, 1.165) is 12.1 Å². The van der Waals surface area contributed by atoms with Crippen LogP contribution in [-0.2, 0) is 17.0 Å². The second-order valence-electron chi connectivity index (χ2n) is 3.15. The fourth-order valence-electron chi connectivity index (χ4n) is 1.19. The van der Waals surface area contributed by atoms with Crippen LogP contribution in [0, 0.1) is 0 Å². The van der Waals surface area contributed by atoms with E-state index in [4.69, 9.17) is 5.73 Å². The Morgan fingerprint density at radius 1 is 1.41 bits per heavy atom. The normalized spacial score (nSPS) is 13.2. The molecule has 1 unspecified atom stereocenters. The molecular formula is C9H9F3N2O2S. The van der Waals surface area contributed by atoms with E-state index in [2.05, 4.69) is 0 Å². The number of urea groups is 1. The zero-order chi connectivity index (χ0) is 13.2. The maximum Gasteiger partial charge on any atom is 0.416 e. The van der Waals surface area contributed by atoms with Crippen LogP contribution in [0.3, 0.4) is 0 Å². The highest BCUT2D eigenvalue weighted by Gasteiger charge is 2.31. The molecule has 0 saturated carbocycles. The highest BCUT2D eigenvalue weighted by atomic mass is 32.2. The van der Waals surface area contributed by atoms with Gasteiger partial charge in [0, 0.05) is 6.26 Å². The van der Waals surface area contributed by atoms with Crippen LogP contribution < -0.4 is 11.1 Å². The number of nitrogens with one attached hydrogen (secondary N) is 1. The van der Waals surface area contributed by atoms with Crippen LogP contribution in [0.25, 0.3) is 0 Å². The average molecular weight is 266 g/mol. The fraction of sp³-hybridized carbons (Fsp3) is 0.222. The second-order valence-corrected chi connectivity index (χ2v) is 4.50. The molecule has 0 aliphatic heterocycles. The molecule has 0 aromatic heterocycles. The predicted molar refractivity (Wildman–Crippen MR) is 57.0 cm³/mol. The van der Waals surface area contributed by atoms with Gasteiger partial charge >= 0.3 is 12.2 Å². The number of carbonyl (C=O) groups is 1. The summed E-state index contributed by atoms with van der Waals surface area (Å²) in [6.45, 7) is 0. The number of hydrogen-bond donors (Lipinski definition) is 2. The largest absolute Gasteiger partial charge is 0.416 e. The zero-order valence-electron chi connectivity index (χ0n) is 8.67. The highest BCUT2D eigenvalue weighted by molar-refractivity contribution is 7.84. The number of carbonyl (C=O) groups excluding carboxylic acids is 1. The quantitative estimate of drug-likeness (QED) is 0.858. The van der Waals surface area contributed by atoms with E-state index >= 15 is 0 Å². The van der Waals surface area contributed by atoms with Gasteiger partial charge in [0.15, 0.2) is 0 Å². The number of primary amides is 1. The van der Waals surface area contributed by atoms with Gasteiger partial charge in [0.25, 0.3) is 0 Å². The second kappa shape index (κ2) is 4.74. The number of alkyl halides is 3. The predicted octanol–water partition coefficient (Wildman–Crippen LogP) is 1.93. The van der Waals surface area contributed by atoms with Crippen LogP contribution in [0.1, 0.15) is 5.56 Å². The number of hydrogen-bond acceptors (Lipinski definition) is 2. The maximum atomic E-state index is 12.4. The van der Waals surface area contributed by atoms with Gasteiger partial charge < -0.3 is 11.1 Å². The molecule has 1 aromatic rings. The van der Waals surface area contributed by atoms with Crippen molar-refractivity contribution in [3.63, 3.8) is 0 Å². The van der Waals surface area contributed by atoms with E-state index in [1.807, 2.05) is 5.32 Å². The van der Waals surface area contributed by atoms with Crippen molar-refractivity contribution >= 4 is 22.5 Å². The summed E-state index contributed by atoms with van der Waals surface area (Å²) in [4.78, 5) is 10.7. The summed E-state index contributed by atoms with van der Waals surface area (Å²) >= 11 is 0. The standard InChI is InChI=1S/C9H9F3N2O2S/c1-17(16)7-3-2-5(9(10,11)12)4-6(7)14-8(13)15/h2-4H,1H3,(H3,13,14,15). The molecule has 0 aliphatic carbocycles. The van der Waals surface area contributed by atoms with E-state index < -0.39 is 28.6 Å². The van der Waals surface area contributed by atoms with Crippen molar-refractivity contribution in [1.29, 1.82) is 0 Å². The van der Waals surface area contributed by atoms with Gasteiger partial charge in [-0.1, -0.05) is 0 Å². The third-order valence-corrected chi connectivity index (χ3v) is 2.85. The Labute approximate surface area is 97.4 Å². The van der Waals surface area contributed by atoms with Gasteiger partial charge in [0.05, 0.1) is 26.9 Å². The van der Waals surface area contributed by atoms with Gasteiger partial charge in [-0.2, -0.15) is 13.2 Å². The molecule has 4 nitrogen and oxygen atoms in total. The molecular weight excluding hydrogens is 257 g/mol. The minimum absolute atomic E-state index is 0.0804. The number of amides is 2. The van der Waals surface area contributed by atoms with Crippen molar-refractivity contribution in [3.05, 3.63) is 23.8 Å². The van der Waals surface area contributed by atoms with Crippen molar-refractivity contribution in [1.82, 2.24) is 0 Å². The molecule has 1 aromatic carbocycles. The molecule has 94 valence electrons. The third-order valence-electron chi connectivity index (χ3n) is 1.87. The lowest BCUT2D eigenvalue weighted by Gasteiger charge is -2.12. The topological polar surface area (TPSA) is 72.2 Å². The first-order valence-corrected chi connectivity index (χ1v) is 5.88. The Morgan fingerprint density at radius 3 is 2.41 bits per heavy atom. The number of anilines is 1. The monoisotopic (exact) mass is 266 g/mol. The molecule has 0 saturated heterocycles. The van der Waals surface area contributed by atoms with Crippen LogP contribution in [0.2, 0.25) is 0 Å². The maximum absolute atomic E-state index is 12.4. The van der Waals surface area contributed by atoms with Crippen molar-refractivity contribution in [2.45, 2.75) is 11.1 Å². The molecule has 8 heteroatoms. The van der Waals surface area contributed by atoms with E-state index in [-0.39, 0.29) is 10.6 Å². The summed E-state index contributed by atoms with van der Waals surface area (Å²) in [7, 11) is -1.53. The van der Waals surface area contributed by atoms with Crippen LogP contribution >= 0.6 is 0 Å². The van der Waals surface area contributed by atoms with Gasteiger partial charge in [-0.05, 0) is 18.2 Å². The summed E-state index contributed by atoms with van der Waals surface area (Å²) in [5.74, 6) is 0. The highest BCUT2D eigenvalue weighted by Crippen LogP contribution is 2.32. The molecule has 0 aliphatic rings. The number of nitrogens with two attached hydrogens (primary N) is 1. The summed E-state index contributed by atoms with van der Waals surface area (Å²) in [6.07, 6.45) is -3.25. The third kappa shape index (κ3) is 3.45. The SMILES string of the molecule is CS(=O)c1ccc(C(F)(F)F)cc1NC(N)=O. The smallest absolute Gasteiger partial charge is 0.351 e. The molecule has 2 amide bonds. The van der Waals surface area contributed by atoms with E-state index in [9.17, 15) is 22.2 Å². The van der Waals surface area contributed by atoms with Crippen molar-refractivity contribution in [2.75, 3.05) is 11.6 Å². The van der Waals surface area contributed by atoms with E-state index in [1.165, 1.54) is 6.26 Å². The molecule has 0 fully saturated rings. The summed E-state index contributed by atoms with van der Waals surface area (Å²) < 4.78 is 48.5. The lowest BCUT2D eigenvalue weighted by atomic mass is 10.2. The Hall–Kier alpha value is -1.57. The van der Waals surface area contributed by atoms with Crippen molar-refractivity contribution in [3.8, 4) is 0 Å². The molecule has 3 N–H and O–H groups in total. The van der Waals surface area contributed by atoms with Crippen LogP contribution in [-0.4, -0.2) is 16.5 Å². The van der Waals surface area contributed by atoms with Crippen LogP contribution in [0.5, 0.6) is 0 Å².